The number of amides is 1. The average Bonchev–Trinajstić information content (AvgIpc) is 3.30. The third kappa shape index (κ3) is 6.28. The molecule has 0 aliphatic carbocycles. The smallest absolute Gasteiger partial charge is 0.375 e. The molecule has 0 aliphatic rings. The van der Waals surface area contributed by atoms with Gasteiger partial charge in [-0.15, -0.1) is 0 Å². The molecule has 0 atom stereocenters. The Balaban J connectivity index is 1.42. The van der Waals surface area contributed by atoms with Crippen LogP contribution in [-0.2, 0) is 22.6 Å². The number of benzene rings is 2. The first-order valence-corrected chi connectivity index (χ1v) is 9.99. The van der Waals surface area contributed by atoms with Crippen LogP contribution in [0.5, 0.6) is 17.2 Å². The fraction of sp³-hybridized carbons (Fsp3) is 0.250. The van der Waals surface area contributed by atoms with Gasteiger partial charge < -0.3 is 28.7 Å². The van der Waals surface area contributed by atoms with E-state index >= 15 is 0 Å². The minimum Gasteiger partial charge on any atom is -0.493 e. The second kappa shape index (κ2) is 11.5. The van der Waals surface area contributed by atoms with Crippen LogP contribution < -0.4 is 19.5 Å². The lowest BCUT2D eigenvalue weighted by molar-refractivity contribution is -0.124. The van der Waals surface area contributed by atoms with Crippen molar-refractivity contribution in [3.05, 3.63) is 77.7 Å². The van der Waals surface area contributed by atoms with Gasteiger partial charge in [0.1, 0.15) is 12.4 Å². The van der Waals surface area contributed by atoms with Crippen molar-refractivity contribution in [2.45, 2.75) is 13.0 Å². The number of nitrogens with one attached hydrogen (secondary N) is 1. The number of carbonyl (C=O) groups is 2. The largest absolute Gasteiger partial charge is 0.493 e. The summed E-state index contributed by atoms with van der Waals surface area (Å²) in [4.78, 5) is 24.3. The zero-order chi connectivity index (χ0) is 22.8. The maximum atomic E-state index is 12.3. The van der Waals surface area contributed by atoms with Gasteiger partial charge in [-0.3, -0.25) is 4.79 Å². The summed E-state index contributed by atoms with van der Waals surface area (Å²) in [6, 6.07) is 16.4. The number of carbonyl (C=O) groups excluding carboxylic acids is 2. The molecule has 1 heterocycles. The molecule has 0 spiro atoms. The summed E-state index contributed by atoms with van der Waals surface area (Å²) in [5.41, 5.74) is 1.51. The molecule has 1 amide bonds. The topological polar surface area (TPSA) is 96.2 Å². The van der Waals surface area contributed by atoms with E-state index in [1.807, 2.05) is 42.5 Å². The molecule has 0 bridgehead atoms. The molecule has 2 aromatic carbocycles. The molecule has 0 fully saturated rings. The van der Waals surface area contributed by atoms with Gasteiger partial charge in [0, 0.05) is 12.1 Å². The standard InChI is InChI=1S/C24H25NO7/c1-28-20-9-8-17(14-21(20)29-2)10-12-25-22(26)16-32-24(27)23-18(11-13-30-23)15-31-19-6-4-3-5-7-19/h3-9,11,13-14H,10,12,15-16H2,1-2H3,(H,25,26). The monoisotopic (exact) mass is 439 g/mol. The van der Waals surface area contributed by atoms with Gasteiger partial charge in [-0.05, 0) is 42.3 Å². The lowest BCUT2D eigenvalue weighted by Gasteiger charge is -2.10. The van der Waals surface area contributed by atoms with Gasteiger partial charge >= 0.3 is 5.97 Å². The van der Waals surface area contributed by atoms with Crippen molar-refractivity contribution >= 4 is 11.9 Å². The summed E-state index contributed by atoms with van der Waals surface area (Å²) in [5.74, 6) is 0.805. The summed E-state index contributed by atoms with van der Waals surface area (Å²) in [7, 11) is 3.14. The predicted molar refractivity (Wildman–Crippen MR) is 116 cm³/mol. The number of esters is 1. The van der Waals surface area contributed by atoms with E-state index in [0.717, 1.165) is 5.56 Å². The molecular formula is C24H25NO7. The molecule has 0 saturated heterocycles. The van der Waals surface area contributed by atoms with Crippen LogP contribution in [0.1, 0.15) is 21.7 Å². The normalized spacial score (nSPS) is 10.3. The zero-order valence-corrected chi connectivity index (χ0v) is 18.0. The highest BCUT2D eigenvalue weighted by molar-refractivity contribution is 5.90. The first kappa shape index (κ1) is 22.7. The van der Waals surface area contributed by atoms with Gasteiger partial charge in [0.15, 0.2) is 18.1 Å². The Morgan fingerprint density at radius 1 is 0.969 bits per heavy atom. The molecule has 0 aliphatic heterocycles. The van der Waals surface area contributed by atoms with Gasteiger partial charge in [0.25, 0.3) is 5.91 Å². The van der Waals surface area contributed by atoms with Crippen molar-refractivity contribution < 1.29 is 33.0 Å². The van der Waals surface area contributed by atoms with Crippen LogP contribution in [0.15, 0.2) is 65.3 Å². The molecule has 0 unspecified atom stereocenters. The lowest BCUT2D eigenvalue weighted by Crippen LogP contribution is -2.30. The van der Waals surface area contributed by atoms with E-state index in [1.54, 1.807) is 26.4 Å². The Morgan fingerprint density at radius 3 is 2.50 bits per heavy atom. The van der Waals surface area contributed by atoms with Crippen LogP contribution in [-0.4, -0.2) is 39.2 Å². The second-order valence-electron chi connectivity index (χ2n) is 6.74. The van der Waals surface area contributed by atoms with Crippen molar-refractivity contribution in [2.24, 2.45) is 0 Å². The first-order chi connectivity index (χ1) is 15.6. The van der Waals surface area contributed by atoms with Crippen LogP contribution in [0.2, 0.25) is 0 Å². The first-order valence-electron chi connectivity index (χ1n) is 9.99. The highest BCUT2D eigenvalue weighted by Crippen LogP contribution is 2.27. The van der Waals surface area contributed by atoms with Crippen molar-refractivity contribution in [2.75, 3.05) is 27.4 Å². The maximum Gasteiger partial charge on any atom is 0.375 e. The molecule has 1 aromatic heterocycles. The lowest BCUT2D eigenvalue weighted by atomic mass is 10.1. The number of hydrogen-bond acceptors (Lipinski definition) is 7. The Labute approximate surface area is 186 Å². The quantitative estimate of drug-likeness (QED) is 0.458. The van der Waals surface area contributed by atoms with E-state index in [2.05, 4.69) is 5.32 Å². The summed E-state index contributed by atoms with van der Waals surface area (Å²) < 4.78 is 26.4. The van der Waals surface area contributed by atoms with Crippen LogP contribution >= 0.6 is 0 Å². The Bertz CT molecular complexity index is 1030. The SMILES string of the molecule is COc1ccc(CCNC(=O)COC(=O)c2occc2COc2ccccc2)cc1OC. The van der Waals surface area contributed by atoms with E-state index < -0.39 is 18.5 Å². The van der Waals surface area contributed by atoms with E-state index in [9.17, 15) is 9.59 Å². The average molecular weight is 439 g/mol. The Morgan fingerprint density at radius 2 is 1.75 bits per heavy atom. The molecule has 32 heavy (non-hydrogen) atoms. The van der Waals surface area contributed by atoms with E-state index in [-0.39, 0.29) is 12.4 Å². The van der Waals surface area contributed by atoms with Gasteiger partial charge in [-0.2, -0.15) is 0 Å². The molecule has 8 nitrogen and oxygen atoms in total. The fourth-order valence-electron chi connectivity index (χ4n) is 2.94. The van der Waals surface area contributed by atoms with Crippen LogP contribution in [0.4, 0.5) is 0 Å². The molecule has 3 rings (SSSR count). The summed E-state index contributed by atoms with van der Waals surface area (Å²) in [6.07, 6.45) is 1.96. The second-order valence-corrected chi connectivity index (χ2v) is 6.74. The highest BCUT2D eigenvalue weighted by Gasteiger charge is 2.18. The number of ether oxygens (including phenoxy) is 4. The van der Waals surface area contributed by atoms with E-state index in [0.29, 0.717) is 35.8 Å². The van der Waals surface area contributed by atoms with Crippen molar-refractivity contribution in [1.29, 1.82) is 0 Å². The fourth-order valence-corrected chi connectivity index (χ4v) is 2.94. The highest BCUT2D eigenvalue weighted by atomic mass is 16.5. The Kier molecular flexibility index (Phi) is 8.14. The molecule has 3 aromatic rings. The van der Waals surface area contributed by atoms with Crippen molar-refractivity contribution in [1.82, 2.24) is 5.32 Å². The van der Waals surface area contributed by atoms with Gasteiger partial charge in [-0.25, -0.2) is 4.79 Å². The molecule has 8 heteroatoms. The molecule has 168 valence electrons. The van der Waals surface area contributed by atoms with Gasteiger partial charge in [-0.1, -0.05) is 24.3 Å². The number of para-hydroxylation sites is 1. The van der Waals surface area contributed by atoms with Gasteiger partial charge in [0.2, 0.25) is 5.76 Å². The van der Waals surface area contributed by atoms with Crippen LogP contribution in [0.3, 0.4) is 0 Å². The number of methoxy groups -OCH3 is 2. The minimum absolute atomic E-state index is 0.0130. The summed E-state index contributed by atoms with van der Waals surface area (Å²) >= 11 is 0. The van der Waals surface area contributed by atoms with Crippen molar-refractivity contribution in [3.63, 3.8) is 0 Å². The summed E-state index contributed by atoms with van der Waals surface area (Å²) in [5, 5.41) is 2.72. The maximum absolute atomic E-state index is 12.3. The molecule has 0 saturated carbocycles. The third-order valence-corrected chi connectivity index (χ3v) is 4.59. The van der Waals surface area contributed by atoms with Crippen LogP contribution in [0.25, 0.3) is 0 Å². The number of rotatable bonds is 11. The number of furan rings is 1. The van der Waals surface area contributed by atoms with Crippen molar-refractivity contribution in [3.8, 4) is 17.2 Å². The minimum atomic E-state index is -0.725. The van der Waals surface area contributed by atoms with E-state index in [4.69, 9.17) is 23.4 Å². The Hall–Kier alpha value is -3.94. The third-order valence-electron chi connectivity index (χ3n) is 4.59. The predicted octanol–water partition coefficient (Wildman–Crippen LogP) is 3.39. The van der Waals surface area contributed by atoms with Gasteiger partial charge in [0.05, 0.1) is 20.5 Å². The zero-order valence-electron chi connectivity index (χ0n) is 18.0. The summed E-state index contributed by atoms with van der Waals surface area (Å²) in [6.45, 7) is 0.107. The number of hydrogen-bond donors (Lipinski definition) is 1. The van der Waals surface area contributed by atoms with E-state index in [1.165, 1.54) is 6.26 Å². The molecular weight excluding hydrogens is 414 g/mol. The van der Waals surface area contributed by atoms with Crippen LogP contribution in [0, 0.1) is 0 Å². The molecule has 0 radical (unpaired) electrons. The molecule has 1 N–H and O–H groups in total.